The molecule has 1 aliphatic carbocycles. The Hall–Kier alpha value is 0.270. The van der Waals surface area contributed by atoms with Gasteiger partial charge in [-0.2, -0.15) is 11.8 Å². The summed E-state index contributed by atoms with van der Waals surface area (Å²) in [5.41, 5.74) is 6.35. The smallest absolute Gasteiger partial charge is 0.0783 e. The first-order valence-corrected chi connectivity index (χ1v) is 7.42. The fourth-order valence-electron chi connectivity index (χ4n) is 3.43. The van der Waals surface area contributed by atoms with Gasteiger partial charge in [0.1, 0.15) is 0 Å². The molecule has 86 valence electrons. The minimum atomic E-state index is 0.253. The molecule has 2 heterocycles. The van der Waals surface area contributed by atoms with Crippen molar-refractivity contribution in [3.05, 3.63) is 0 Å². The summed E-state index contributed by atoms with van der Waals surface area (Å²) in [6.45, 7) is 0.981. The van der Waals surface area contributed by atoms with E-state index in [0.717, 1.165) is 18.4 Å². The van der Waals surface area contributed by atoms with Gasteiger partial charge in [-0.25, -0.2) is 0 Å². The zero-order chi connectivity index (χ0) is 10.3. The van der Waals surface area contributed by atoms with Crippen molar-refractivity contribution < 1.29 is 4.74 Å². The second-order valence-electron chi connectivity index (χ2n) is 5.49. The number of ether oxygens (including phenoxy) is 1. The Kier molecular flexibility index (Phi) is 2.74. The van der Waals surface area contributed by atoms with Crippen molar-refractivity contribution in [3.8, 4) is 0 Å². The highest BCUT2D eigenvalue weighted by Gasteiger charge is 2.45. The summed E-state index contributed by atoms with van der Waals surface area (Å²) in [7, 11) is 0. The van der Waals surface area contributed by atoms with Gasteiger partial charge in [0.2, 0.25) is 0 Å². The van der Waals surface area contributed by atoms with Crippen LogP contribution in [-0.4, -0.2) is 29.8 Å². The molecule has 4 unspecified atom stereocenters. The lowest BCUT2D eigenvalue weighted by molar-refractivity contribution is -0.0975. The Morgan fingerprint density at radius 2 is 2.20 bits per heavy atom. The Morgan fingerprint density at radius 3 is 2.80 bits per heavy atom. The number of thioether (sulfide) groups is 1. The van der Waals surface area contributed by atoms with Gasteiger partial charge in [-0.3, -0.25) is 0 Å². The fraction of sp³-hybridized carbons (Fsp3) is 1.00. The molecule has 2 nitrogen and oxygen atoms in total. The van der Waals surface area contributed by atoms with Crippen molar-refractivity contribution in [1.82, 2.24) is 0 Å². The Balaban J connectivity index is 1.65. The van der Waals surface area contributed by atoms with E-state index in [-0.39, 0.29) is 5.60 Å². The lowest BCUT2D eigenvalue weighted by atomic mass is 9.67. The van der Waals surface area contributed by atoms with E-state index in [1.165, 1.54) is 43.6 Å². The van der Waals surface area contributed by atoms with Gasteiger partial charge < -0.3 is 10.5 Å². The summed E-state index contributed by atoms with van der Waals surface area (Å²) in [5, 5.41) is 0. The fourth-order valence-corrected chi connectivity index (χ4v) is 4.81. The van der Waals surface area contributed by atoms with Gasteiger partial charge in [0.15, 0.2) is 0 Å². The van der Waals surface area contributed by atoms with Crippen LogP contribution in [0.15, 0.2) is 0 Å². The molecule has 3 fully saturated rings. The molecule has 0 aromatic rings. The largest absolute Gasteiger partial charge is 0.374 e. The highest BCUT2D eigenvalue weighted by Crippen LogP contribution is 2.46. The molecule has 1 spiro atoms. The van der Waals surface area contributed by atoms with Crippen LogP contribution in [0.25, 0.3) is 0 Å². The zero-order valence-electron chi connectivity index (χ0n) is 9.28. The second-order valence-corrected chi connectivity index (χ2v) is 6.60. The second kappa shape index (κ2) is 3.94. The average Bonchev–Trinajstić information content (AvgIpc) is 2.64. The first-order valence-electron chi connectivity index (χ1n) is 6.26. The maximum absolute atomic E-state index is 6.09. The van der Waals surface area contributed by atoms with Crippen molar-refractivity contribution in [1.29, 1.82) is 0 Å². The quantitative estimate of drug-likeness (QED) is 0.744. The normalized spacial score (nSPS) is 50.6. The van der Waals surface area contributed by atoms with Gasteiger partial charge >= 0.3 is 0 Å². The van der Waals surface area contributed by atoms with E-state index in [9.17, 15) is 0 Å². The van der Waals surface area contributed by atoms with Crippen LogP contribution in [0, 0.1) is 11.8 Å². The minimum Gasteiger partial charge on any atom is -0.374 e. The highest BCUT2D eigenvalue weighted by molar-refractivity contribution is 7.99. The molecular weight excluding hydrogens is 206 g/mol. The maximum atomic E-state index is 6.09. The summed E-state index contributed by atoms with van der Waals surface area (Å²) in [6, 6.07) is 0.499. The molecule has 2 saturated heterocycles. The van der Waals surface area contributed by atoms with Crippen molar-refractivity contribution in [2.24, 2.45) is 17.6 Å². The van der Waals surface area contributed by atoms with Crippen LogP contribution < -0.4 is 5.73 Å². The molecule has 15 heavy (non-hydrogen) atoms. The molecular formula is C12H21NOS. The van der Waals surface area contributed by atoms with E-state index in [0.29, 0.717) is 6.04 Å². The van der Waals surface area contributed by atoms with Gasteiger partial charge in [0.05, 0.1) is 5.60 Å². The predicted molar refractivity (Wildman–Crippen MR) is 64.0 cm³/mol. The summed E-state index contributed by atoms with van der Waals surface area (Å²) in [4.78, 5) is 0. The van der Waals surface area contributed by atoms with Crippen LogP contribution in [0.2, 0.25) is 0 Å². The summed E-state index contributed by atoms with van der Waals surface area (Å²) >= 11 is 2.06. The van der Waals surface area contributed by atoms with Gasteiger partial charge in [-0.15, -0.1) is 0 Å². The van der Waals surface area contributed by atoms with Crippen LogP contribution in [0.3, 0.4) is 0 Å². The van der Waals surface area contributed by atoms with E-state index >= 15 is 0 Å². The topological polar surface area (TPSA) is 35.2 Å². The maximum Gasteiger partial charge on any atom is 0.0783 e. The Bertz CT molecular complexity index is 240. The molecule has 2 N–H and O–H groups in total. The number of hydrogen-bond donors (Lipinski definition) is 1. The number of hydrogen-bond acceptors (Lipinski definition) is 3. The van der Waals surface area contributed by atoms with Crippen LogP contribution in [0.5, 0.6) is 0 Å². The zero-order valence-corrected chi connectivity index (χ0v) is 10.1. The first kappa shape index (κ1) is 10.4. The van der Waals surface area contributed by atoms with Crippen molar-refractivity contribution >= 4 is 11.8 Å². The predicted octanol–water partition coefficient (Wildman–Crippen LogP) is 2.03. The van der Waals surface area contributed by atoms with Crippen LogP contribution in [0.4, 0.5) is 0 Å². The van der Waals surface area contributed by atoms with Crippen LogP contribution in [0.1, 0.15) is 32.1 Å². The van der Waals surface area contributed by atoms with Crippen molar-refractivity contribution in [2.45, 2.75) is 43.7 Å². The average molecular weight is 227 g/mol. The molecule has 1 saturated carbocycles. The summed E-state index contributed by atoms with van der Waals surface area (Å²) in [6.07, 6.45) is 6.44. The van der Waals surface area contributed by atoms with Gasteiger partial charge in [-0.05, 0) is 49.7 Å². The first-order chi connectivity index (χ1) is 7.29. The lowest BCUT2D eigenvalue weighted by Crippen LogP contribution is -2.49. The standard InChI is InChI=1S/C12H21NOS/c13-11-2-1-10(11)9-3-5-14-12(7-9)4-6-15-8-12/h9-11H,1-8,13H2. The molecule has 0 aromatic carbocycles. The van der Waals surface area contributed by atoms with Gasteiger partial charge in [0.25, 0.3) is 0 Å². The number of nitrogens with two attached hydrogens (primary N) is 1. The lowest BCUT2D eigenvalue weighted by Gasteiger charge is -2.46. The van der Waals surface area contributed by atoms with Gasteiger partial charge in [0, 0.05) is 18.4 Å². The Labute approximate surface area is 96.3 Å². The van der Waals surface area contributed by atoms with E-state index < -0.39 is 0 Å². The molecule has 4 atom stereocenters. The molecule has 2 aliphatic heterocycles. The molecule has 0 aromatic heterocycles. The van der Waals surface area contributed by atoms with Crippen molar-refractivity contribution in [3.63, 3.8) is 0 Å². The van der Waals surface area contributed by atoms with Crippen LogP contribution >= 0.6 is 11.8 Å². The van der Waals surface area contributed by atoms with E-state index in [4.69, 9.17) is 10.5 Å². The SMILES string of the molecule is NC1CCC1C1CCOC2(CCSC2)C1. The summed E-state index contributed by atoms with van der Waals surface area (Å²) in [5.74, 6) is 4.20. The van der Waals surface area contributed by atoms with Crippen LogP contribution in [-0.2, 0) is 4.74 Å². The molecule has 0 bridgehead atoms. The third kappa shape index (κ3) is 1.83. The van der Waals surface area contributed by atoms with E-state index in [2.05, 4.69) is 11.8 Å². The third-order valence-electron chi connectivity index (χ3n) is 4.59. The molecule has 0 amide bonds. The molecule has 3 heteroatoms. The van der Waals surface area contributed by atoms with E-state index in [1.54, 1.807) is 0 Å². The third-order valence-corrected chi connectivity index (χ3v) is 5.81. The minimum absolute atomic E-state index is 0.253. The van der Waals surface area contributed by atoms with Gasteiger partial charge in [-0.1, -0.05) is 0 Å². The number of rotatable bonds is 1. The molecule has 3 rings (SSSR count). The molecule has 0 radical (unpaired) electrons. The monoisotopic (exact) mass is 227 g/mol. The summed E-state index contributed by atoms with van der Waals surface area (Å²) < 4.78 is 6.05. The Morgan fingerprint density at radius 1 is 1.27 bits per heavy atom. The van der Waals surface area contributed by atoms with E-state index in [1.807, 2.05) is 0 Å². The van der Waals surface area contributed by atoms with Crippen molar-refractivity contribution in [2.75, 3.05) is 18.1 Å². The highest BCUT2D eigenvalue weighted by atomic mass is 32.2. The molecule has 3 aliphatic rings.